The maximum atomic E-state index is 16.2. The van der Waals surface area contributed by atoms with Crippen molar-refractivity contribution in [3.8, 4) is 33.8 Å². The lowest BCUT2D eigenvalue weighted by atomic mass is 10.0. The van der Waals surface area contributed by atoms with Gasteiger partial charge in [0.15, 0.2) is 17.1 Å². The van der Waals surface area contributed by atoms with Gasteiger partial charge in [0.05, 0.1) is 22.8 Å². The first-order valence-corrected chi connectivity index (χ1v) is 14.2. The molecule has 4 N–H and O–H groups in total. The number of fused-ring (bicyclic) bond motifs is 2. The smallest absolute Gasteiger partial charge is 0.227 e. The minimum Gasteiger partial charge on any atom is -0.384 e. The molecule has 0 bridgehead atoms. The Labute approximate surface area is 250 Å². The minimum atomic E-state index is -0.571. The van der Waals surface area contributed by atoms with E-state index >= 15 is 4.39 Å². The summed E-state index contributed by atoms with van der Waals surface area (Å²) in [4.78, 5) is 35.1. The van der Waals surface area contributed by atoms with Gasteiger partial charge in [0, 0.05) is 60.0 Å². The average Bonchev–Trinajstić information content (AvgIpc) is 3.62. The summed E-state index contributed by atoms with van der Waals surface area (Å²) in [5.41, 5.74) is 4.47. The first kappa shape index (κ1) is 27.5. The third kappa shape index (κ3) is 5.33. The van der Waals surface area contributed by atoms with E-state index in [1.807, 2.05) is 25.1 Å². The molecule has 1 amide bonds. The van der Waals surface area contributed by atoms with E-state index in [0.717, 1.165) is 19.4 Å². The minimum absolute atomic E-state index is 0.0217. The zero-order chi connectivity index (χ0) is 30.4. The van der Waals surface area contributed by atoms with Crippen LogP contribution in [0, 0.1) is 17.6 Å². The van der Waals surface area contributed by atoms with Crippen LogP contribution in [0.15, 0.2) is 55.1 Å². The number of anilines is 2. The second-order valence-corrected chi connectivity index (χ2v) is 11.1. The van der Waals surface area contributed by atoms with Crippen molar-refractivity contribution in [3.05, 3.63) is 66.8 Å². The number of imidazole rings is 1. The predicted molar refractivity (Wildman–Crippen MR) is 164 cm³/mol. The Morgan fingerprint density at radius 1 is 1.00 bits per heavy atom. The van der Waals surface area contributed by atoms with E-state index in [1.54, 1.807) is 18.3 Å². The monoisotopic (exact) mass is 594 g/mol. The van der Waals surface area contributed by atoms with E-state index in [0.29, 0.717) is 51.6 Å². The molecule has 0 spiro atoms. The van der Waals surface area contributed by atoms with E-state index in [4.69, 9.17) is 0 Å². The summed E-state index contributed by atoms with van der Waals surface area (Å²) in [6, 6.07) is 8.20. The molecule has 6 aromatic rings. The number of aromatic nitrogens is 7. The fraction of sp³-hybridized carbons (Fsp3) is 0.226. The second kappa shape index (κ2) is 11.1. The molecule has 5 heterocycles. The Balaban J connectivity index is 1.25. The van der Waals surface area contributed by atoms with Gasteiger partial charge in [-0.3, -0.25) is 14.9 Å². The summed E-state index contributed by atoms with van der Waals surface area (Å²) in [5.74, 6) is -0.704. The standard InChI is InChI=1S/C31H28F2N10O/c1-43(2)8-7-35-20-10-17(9-19(32)12-20)22-5-6-36-29-26(22)39-30(40-29)27-24-25(33)23(15-37-28(24)42-41-27)18-11-21(14-34-13-18)38-31(44)16-3-4-16/h5-6,9-16,35H,3-4,7-8H2,1-2H3,(H,38,44)(H,36,39,40)(H,37,41,42). The largest absolute Gasteiger partial charge is 0.384 e. The Morgan fingerprint density at radius 3 is 2.66 bits per heavy atom. The number of hydrogen-bond acceptors (Lipinski definition) is 8. The molecule has 44 heavy (non-hydrogen) atoms. The number of carbonyl (C=O) groups excluding carboxylic acids is 1. The van der Waals surface area contributed by atoms with E-state index in [9.17, 15) is 9.18 Å². The molecule has 0 radical (unpaired) electrons. The highest BCUT2D eigenvalue weighted by atomic mass is 19.1. The summed E-state index contributed by atoms with van der Waals surface area (Å²) in [7, 11) is 3.94. The second-order valence-electron chi connectivity index (χ2n) is 11.1. The van der Waals surface area contributed by atoms with Gasteiger partial charge in [-0.15, -0.1) is 0 Å². The van der Waals surface area contributed by atoms with Gasteiger partial charge in [0.25, 0.3) is 0 Å². The molecule has 7 rings (SSSR count). The zero-order valence-corrected chi connectivity index (χ0v) is 23.9. The number of hydrogen-bond donors (Lipinski definition) is 4. The molecule has 1 saturated carbocycles. The van der Waals surface area contributed by atoms with Crippen LogP contribution in [0.3, 0.4) is 0 Å². The molecule has 13 heteroatoms. The lowest BCUT2D eigenvalue weighted by molar-refractivity contribution is -0.117. The lowest BCUT2D eigenvalue weighted by Gasteiger charge is -2.13. The van der Waals surface area contributed by atoms with Gasteiger partial charge in [-0.2, -0.15) is 5.10 Å². The van der Waals surface area contributed by atoms with Crippen LogP contribution >= 0.6 is 0 Å². The van der Waals surface area contributed by atoms with Gasteiger partial charge in [-0.05, 0) is 62.8 Å². The summed E-state index contributed by atoms with van der Waals surface area (Å²) in [6.45, 7) is 1.44. The maximum Gasteiger partial charge on any atom is 0.227 e. The van der Waals surface area contributed by atoms with Crippen LogP contribution in [-0.2, 0) is 4.79 Å². The molecule has 222 valence electrons. The van der Waals surface area contributed by atoms with Gasteiger partial charge < -0.3 is 20.5 Å². The normalized spacial score (nSPS) is 13.2. The van der Waals surface area contributed by atoms with Crippen molar-refractivity contribution in [2.75, 3.05) is 37.8 Å². The van der Waals surface area contributed by atoms with Gasteiger partial charge in [-0.1, -0.05) is 0 Å². The molecule has 0 saturated heterocycles. The number of H-pyrrole nitrogens is 2. The number of likely N-dealkylation sites (N-methyl/N-ethyl adjacent to an activating group) is 1. The molecular weight excluding hydrogens is 566 g/mol. The highest BCUT2D eigenvalue weighted by Crippen LogP contribution is 2.35. The number of aromatic amines is 2. The van der Waals surface area contributed by atoms with Crippen molar-refractivity contribution in [1.82, 2.24) is 40.0 Å². The number of halogens is 2. The summed E-state index contributed by atoms with van der Waals surface area (Å²) in [5, 5.41) is 13.3. The van der Waals surface area contributed by atoms with Crippen molar-refractivity contribution in [1.29, 1.82) is 0 Å². The van der Waals surface area contributed by atoms with E-state index in [1.165, 1.54) is 30.7 Å². The van der Waals surface area contributed by atoms with Gasteiger partial charge in [0.2, 0.25) is 5.91 Å². The van der Waals surface area contributed by atoms with E-state index in [-0.39, 0.29) is 39.9 Å². The summed E-state index contributed by atoms with van der Waals surface area (Å²) < 4.78 is 30.9. The van der Waals surface area contributed by atoms with Crippen molar-refractivity contribution < 1.29 is 13.6 Å². The number of amides is 1. The fourth-order valence-corrected chi connectivity index (χ4v) is 5.11. The van der Waals surface area contributed by atoms with Crippen molar-refractivity contribution >= 4 is 39.5 Å². The molecule has 1 fully saturated rings. The topological polar surface area (TPSA) is 140 Å². The molecule has 1 aliphatic carbocycles. The number of nitrogens with one attached hydrogen (secondary N) is 4. The maximum absolute atomic E-state index is 16.2. The zero-order valence-electron chi connectivity index (χ0n) is 23.9. The van der Waals surface area contributed by atoms with Crippen molar-refractivity contribution in [2.45, 2.75) is 12.8 Å². The van der Waals surface area contributed by atoms with Crippen LogP contribution < -0.4 is 10.6 Å². The first-order valence-electron chi connectivity index (χ1n) is 14.2. The van der Waals surface area contributed by atoms with Crippen LogP contribution in [0.2, 0.25) is 0 Å². The van der Waals surface area contributed by atoms with Crippen molar-refractivity contribution in [2.24, 2.45) is 5.92 Å². The average molecular weight is 595 g/mol. The molecule has 0 unspecified atom stereocenters. The Hall–Kier alpha value is -5.30. The first-order chi connectivity index (χ1) is 21.3. The van der Waals surface area contributed by atoms with Crippen LogP contribution in [0.5, 0.6) is 0 Å². The highest BCUT2D eigenvalue weighted by Gasteiger charge is 2.29. The molecular formula is C31H28F2N10O. The molecule has 11 nitrogen and oxygen atoms in total. The molecule has 1 aliphatic rings. The van der Waals surface area contributed by atoms with Crippen LogP contribution in [0.1, 0.15) is 12.8 Å². The number of carbonyl (C=O) groups is 1. The van der Waals surface area contributed by atoms with Gasteiger partial charge in [-0.25, -0.2) is 23.7 Å². The predicted octanol–water partition coefficient (Wildman–Crippen LogP) is 5.23. The lowest BCUT2D eigenvalue weighted by Crippen LogP contribution is -2.20. The Kier molecular flexibility index (Phi) is 6.93. The number of nitrogens with zero attached hydrogens (tertiary/aromatic N) is 6. The summed E-state index contributed by atoms with van der Waals surface area (Å²) >= 11 is 0. The third-order valence-electron chi connectivity index (χ3n) is 7.51. The molecule has 5 aromatic heterocycles. The Morgan fingerprint density at radius 2 is 1.84 bits per heavy atom. The number of benzene rings is 1. The van der Waals surface area contributed by atoms with Crippen LogP contribution in [0.4, 0.5) is 20.2 Å². The Bertz CT molecular complexity index is 2030. The van der Waals surface area contributed by atoms with E-state index in [2.05, 4.69) is 45.8 Å². The SMILES string of the molecule is CN(C)CCNc1cc(F)cc(-c2ccnc3nc(-c4[nH]nc5ncc(-c6cncc(NC(=O)C7CC7)c6)c(F)c45)[nH]c23)c1. The fourth-order valence-electron chi connectivity index (χ4n) is 5.11. The molecule has 0 aliphatic heterocycles. The summed E-state index contributed by atoms with van der Waals surface area (Å²) in [6.07, 6.45) is 7.76. The number of rotatable bonds is 9. The third-order valence-corrected chi connectivity index (χ3v) is 7.51. The van der Waals surface area contributed by atoms with Gasteiger partial charge in [0.1, 0.15) is 17.3 Å². The quantitative estimate of drug-likeness (QED) is 0.179. The molecule has 0 atom stereocenters. The molecule has 1 aromatic carbocycles. The highest BCUT2D eigenvalue weighted by molar-refractivity contribution is 5.97. The van der Waals surface area contributed by atoms with E-state index < -0.39 is 5.82 Å². The van der Waals surface area contributed by atoms with Crippen LogP contribution in [-0.4, -0.2) is 73.1 Å². The number of pyridine rings is 3. The van der Waals surface area contributed by atoms with Crippen molar-refractivity contribution in [3.63, 3.8) is 0 Å². The van der Waals surface area contributed by atoms with Crippen LogP contribution in [0.25, 0.3) is 56.0 Å². The van der Waals surface area contributed by atoms with Gasteiger partial charge >= 0.3 is 0 Å².